The number of aliphatic hydroxyl groups excluding tert-OH is 2. The van der Waals surface area contributed by atoms with E-state index < -0.39 is 0 Å². The Kier molecular flexibility index (Phi) is 14.0. The molecule has 0 heterocycles. The van der Waals surface area contributed by atoms with Gasteiger partial charge in [-0.15, -0.1) is 0 Å². The normalized spacial score (nSPS) is 8.67. The first kappa shape index (κ1) is 11.7. The maximum atomic E-state index is 8.07. The molecule has 0 aromatic heterocycles. The van der Waals surface area contributed by atoms with Gasteiger partial charge in [0.05, 0.1) is 0 Å². The summed E-state index contributed by atoms with van der Waals surface area (Å²) in [6.07, 6.45) is 1.87. The molecular weight excluding hydrogens is 116 g/mol. The number of hydrogen-bond acceptors (Lipinski definition) is 2. The van der Waals surface area contributed by atoms with Gasteiger partial charge >= 0.3 is 0 Å². The number of rotatable bonds is 2. The van der Waals surface area contributed by atoms with Crippen molar-refractivity contribution in [3.05, 3.63) is 0 Å². The third kappa shape index (κ3) is 75.3. The fraction of sp³-hybridized carbons (Fsp3) is 1.00. The van der Waals surface area contributed by atoms with Crippen LogP contribution in [-0.4, -0.2) is 22.9 Å². The average Bonchev–Trinajstić information content (AvgIpc) is 1.66. The van der Waals surface area contributed by atoms with Crippen LogP contribution in [0.1, 0.15) is 33.6 Å². The molecule has 0 fully saturated rings. The maximum Gasteiger partial charge on any atom is 0.0483 e. The van der Waals surface area contributed by atoms with Gasteiger partial charge < -0.3 is 10.2 Å². The van der Waals surface area contributed by atoms with Crippen molar-refractivity contribution in [2.45, 2.75) is 39.7 Å². The van der Waals surface area contributed by atoms with Gasteiger partial charge in [0.15, 0.2) is 0 Å². The number of unbranched alkanes of at least 4 members (excludes halogenated alkanes) is 1. The van der Waals surface area contributed by atoms with Crippen molar-refractivity contribution in [2.75, 3.05) is 6.61 Å². The Morgan fingerprint density at radius 3 is 1.67 bits per heavy atom. The van der Waals surface area contributed by atoms with Gasteiger partial charge in [-0.25, -0.2) is 0 Å². The van der Waals surface area contributed by atoms with Gasteiger partial charge in [0.1, 0.15) is 0 Å². The Balaban J connectivity index is 0. The first-order valence-electron chi connectivity index (χ1n) is 3.44. The largest absolute Gasteiger partial charge is 0.396 e. The van der Waals surface area contributed by atoms with Crippen LogP contribution in [0.3, 0.4) is 0 Å². The minimum absolute atomic E-state index is 0.167. The van der Waals surface area contributed by atoms with Crippen molar-refractivity contribution in [3.63, 3.8) is 0 Å². The highest BCUT2D eigenvalue weighted by atomic mass is 16.3. The quantitative estimate of drug-likeness (QED) is 0.595. The summed E-state index contributed by atoms with van der Waals surface area (Å²) in [6.45, 7) is 5.84. The van der Waals surface area contributed by atoms with Crippen LogP contribution in [0.2, 0.25) is 0 Å². The molecule has 0 aliphatic carbocycles. The van der Waals surface area contributed by atoms with Crippen LogP contribution >= 0.6 is 0 Å². The lowest BCUT2D eigenvalue weighted by atomic mass is 10.4. The van der Waals surface area contributed by atoms with Gasteiger partial charge in [-0.1, -0.05) is 13.3 Å². The summed E-state index contributed by atoms with van der Waals surface area (Å²) in [7, 11) is 0. The summed E-state index contributed by atoms with van der Waals surface area (Å²) in [5.74, 6) is 0. The van der Waals surface area contributed by atoms with Gasteiger partial charge in [-0.2, -0.15) is 0 Å². The van der Waals surface area contributed by atoms with Crippen LogP contribution < -0.4 is 0 Å². The van der Waals surface area contributed by atoms with E-state index in [-0.39, 0.29) is 6.10 Å². The van der Waals surface area contributed by atoms with E-state index in [9.17, 15) is 0 Å². The molecule has 0 saturated heterocycles. The van der Waals surface area contributed by atoms with Crippen molar-refractivity contribution in [1.82, 2.24) is 0 Å². The van der Waals surface area contributed by atoms with Gasteiger partial charge in [-0.05, 0) is 20.3 Å². The van der Waals surface area contributed by atoms with Crippen LogP contribution in [0.15, 0.2) is 0 Å². The van der Waals surface area contributed by atoms with Crippen molar-refractivity contribution in [3.8, 4) is 0 Å². The van der Waals surface area contributed by atoms with Crippen LogP contribution in [-0.2, 0) is 0 Å². The summed E-state index contributed by atoms with van der Waals surface area (Å²) in [5.41, 5.74) is 0. The molecule has 0 rings (SSSR count). The molecule has 58 valence electrons. The van der Waals surface area contributed by atoms with E-state index in [1.165, 1.54) is 0 Å². The van der Waals surface area contributed by atoms with Crippen molar-refractivity contribution >= 4 is 0 Å². The predicted octanol–water partition coefficient (Wildman–Crippen LogP) is 1.17. The van der Waals surface area contributed by atoms with Gasteiger partial charge in [-0.3, -0.25) is 0 Å². The van der Waals surface area contributed by atoms with Crippen LogP contribution in [0, 0.1) is 0 Å². The number of hydrogen-bond donors (Lipinski definition) is 2. The van der Waals surface area contributed by atoms with Crippen molar-refractivity contribution in [1.29, 1.82) is 0 Å². The molecule has 0 aromatic carbocycles. The summed E-state index contributed by atoms with van der Waals surface area (Å²) < 4.78 is 0. The zero-order chi connectivity index (χ0) is 7.70. The Hall–Kier alpha value is -0.0800. The lowest BCUT2D eigenvalue weighted by Crippen LogP contribution is -1.85. The Morgan fingerprint density at radius 2 is 1.67 bits per heavy atom. The summed E-state index contributed by atoms with van der Waals surface area (Å²) in [4.78, 5) is 0. The van der Waals surface area contributed by atoms with Crippen LogP contribution in [0.4, 0.5) is 0 Å². The molecule has 0 aliphatic heterocycles. The summed E-state index contributed by atoms with van der Waals surface area (Å²) in [6, 6.07) is 0. The van der Waals surface area contributed by atoms with Gasteiger partial charge in [0, 0.05) is 12.7 Å². The fourth-order valence-corrected chi connectivity index (χ4v) is 0.158. The molecule has 0 aromatic rings. The van der Waals surface area contributed by atoms with E-state index in [0.717, 1.165) is 12.8 Å². The molecule has 2 N–H and O–H groups in total. The van der Waals surface area contributed by atoms with Crippen LogP contribution in [0.5, 0.6) is 0 Å². The van der Waals surface area contributed by atoms with E-state index in [0.29, 0.717) is 6.61 Å². The third-order valence-corrected chi connectivity index (χ3v) is 0.512. The fourth-order valence-electron chi connectivity index (χ4n) is 0.158. The Bertz CT molecular complexity index is 31.1. The molecule has 0 saturated carbocycles. The topological polar surface area (TPSA) is 40.5 Å². The second-order valence-electron chi connectivity index (χ2n) is 2.17. The average molecular weight is 134 g/mol. The SMILES string of the molecule is CC(C)O.CCCCO. The molecule has 0 aliphatic rings. The maximum absolute atomic E-state index is 8.07. The minimum atomic E-state index is -0.167. The molecule has 2 nitrogen and oxygen atoms in total. The van der Waals surface area contributed by atoms with Crippen molar-refractivity contribution in [2.24, 2.45) is 0 Å². The molecule has 0 spiro atoms. The molecule has 0 atom stereocenters. The standard InChI is InChI=1S/C4H10O.C3H8O/c1-2-3-4-5;1-3(2)4/h5H,2-4H2,1H3;3-4H,1-2H3. The highest BCUT2D eigenvalue weighted by Gasteiger charge is 1.69. The van der Waals surface area contributed by atoms with E-state index in [1.807, 2.05) is 0 Å². The second kappa shape index (κ2) is 10.8. The predicted molar refractivity (Wildman–Crippen MR) is 39.3 cm³/mol. The molecule has 0 radical (unpaired) electrons. The van der Waals surface area contributed by atoms with E-state index in [2.05, 4.69) is 6.92 Å². The summed E-state index contributed by atoms with van der Waals surface area (Å²) in [5, 5.41) is 16.1. The van der Waals surface area contributed by atoms with E-state index in [1.54, 1.807) is 13.8 Å². The van der Waals surface area contributed by atoms with Crippen LogP contribution in [0.25, 0.3) is 0 Å². The van der Waals surface area contributed by atoms with Gasteiger partial charge in [0.2, 0.25) is 0 Å². The monoisotopic (exact) mass is 134 g/mol. The number of aliphatic hydroxyl groups is 2. The minimum Gasteiger partial charge on any atom is -0.396 e. The Labute approximate surface area is 57.5 Å². The van der Waals surface area contributed by atoms with E-state index in [4.69, 9.17) is 10.2 Å². The molecule has 9 heavy (non-hydrogen) atoms. The molecule has 0 amide bonds. The smallest absolute Gasteiger partial charge is 0.0483 e. The molecule has 2 heteroatoms. The lowest BCUT2D eigenvalue weighted by molar-refractivity contribution is 0.216. The molecule has 0 unspecified atom stereocenters. The van der Waals surface area contributed by atoms with E-state index >= 15 is 0 Å². The second-order valence-corrected chi connectivity index (χ2v) is 2.17. The zero-order valence-corrected chi connectivity index (χ0v) is 6.59. The highest BCUT2D eigenvalue weighted by Crippen LogP contribution is 1.78. The highest BCUT2D eigenvalue weighted by molar-refractivity contribution is 4.23. The lowest BCUT2D eigenvalue weighted by Gasteiger charge is -1.80. The van der Waals surface area contributed by atoms with Gasteiger partial charge in [0.25, 0.3) is 0 Å². The summed E-state index contributed by atoms with van der Waals surface area (Å²) >= 11 is 0. The first-order valence-corrected chi connectivity index (χ1v) is 3.44. The molecular formula is C7H18O2. The third-order valence-electron chi connectivity index (χ3n) is 0.512. The molecule has 0 bridgehead atoms. The van der Waals surface area contributed by atoms with Crippen molar-refractivity contribution < 1.29 is 10.2 Å². The zero-order valence-electron chi connectivity index (χ0n) is 6.59. The Morgan fingerprint density at radius 1 is 1.33 bits per heavy atom. The first-order chi connectivity index (χ1) is 4.15.